The fraction of sp³-hybridized carbons (Fsp3) is 0.765. The van der Waals surface area contributed by atoms with E-state index >= 15 is 0 Å². The van der Waals surface area contributed by atoms with Crippen LogP contribution in [0.5, 0.6) is 0 Å². The van der Waals surface area contributed by atoms with Gasteiger partial charge in [0.15, 0.2) is 0 Å². The molecule has 0 aromatic carbocycles. The van der Waals surface area contributed by atoms with Gasteiger partial charge in [-0.3, -0.25) is 4.68 Å². The topological polar surface area (TPSA) is 59.4 Å². The van der Waals surface area contributed by atoms with Gasteiger partial charge in [-0.1, -0.05) is 19.3 Å². The van der Waals surface area contributed by atoms with Crippen molar-refractivity contribution in [3.63, 3.8) is 0 Å². The molecule has 1 saturated heterocycles. The predicted molar refractivity (Wildman–Crippen MR) is 90.5 cm³/mol. The lowest BCUT2D eigenvalue weighted by molar-refractivity contribution is 0.182. The van der Waals surface area contributed by atoms with Crippen LogP contribution in [-0.2, 0) is 17.8 Å². The summed E-state index contributed by atoms with van der Waals surface area (Å²) in [5.74, 6) is 0. The summed E-state index contributed by atoms with van der Waals surface area (Å²) in [6.07, 6.45) is 5.98. The van der Waals surface area contributed by atoms with Crippen LogP contribution in [0.3, 0.4) is 0 Å². The first kappa shape index (κ1) is 17.8. The van der Waals surface area contributed by atoms with Gasteiger partial charge >= 0.3 is 6.03 Å². The average molecular weight is 322 g/mol. The fourth-order valence-corrected chi connectivity index (χ4v) is 3.11. The molecule has 0 unspecified atom stereocenters. The average Bonchev–Trinajstić information content (AvgIpc) is 2.76. The smallest absolute Gasteiger partial charge is 0.317 e. The van der Waals surface area contributed by atoms with Gasteiger partial charge in [0, 0.05) is 38.0 Å². The molecule has 23 heavy (non-hydrogen) atoms. The lowest BCUT2D eigenvalue weighted by Gasteiger charge is -2.25. The number of urea groups is 1. The molecule has 2 heterocycles. The van der Waals surface area contributed by atoms with Crippen molar-refractivity contribution in [2.75, 3.05) is 26.8 Å². The zero-order chi connectivity index (χ0) is 16.7. The molecule has 1 aliphatic heterocycles. The molecule has 6 heteroatoms. The van der Waals surface area contributed by atoms with E-state index in [4.69, 9.17) is 4.74 Å². The monoisotopic (exact) mass is 322 g/mol. The zero-order valence-corrected chi connectivity index (χ0v) is 14.7. The van der Waals surface area contributed by atoms with Gasteiger partial charge in [0.1, 0.15) is 0 Å². The molecule has 1 N–H and O–H groups in total. The number of carbonyl (C=O) groups is 1. The normalized spacial score (nSPS) is 16.0. The minimum atomic E-state index is 0.0512. The van der Waals surface area contributed by atoms with E-state index in [1.165, 1.54) is 19.3 Å². The van der Waals surface area contributed by atoms with Gasteiger partial charge in [-0.15, -0.1) is 0 Å². The number of amides is 2. The van der Waals surface area contributed by atoms with Gasteiger partial charge in [0.2, 0.25) is 0 Å². The molecule has 130 valence electrons. The van der Waals surface area contributed by atoms with Crippen LogP contribution in [0.2, 0.25) is 0 Å². The van der Waals surface area contributed by atoms with Gasteiger partial charge in [-0.05, 0) is 26.7 Å². The summed E-state index contributed by atoms with van der Waals surface area (Å²) in [6, 6.07) is 0.0512. The van der Waals surface area contributed by atoms with Gasteiger partial charge in [0.05, 0.1) is 18.8 Å². The molecule has 0 atom stereocenters. The van der Waals surface area contributed by atoms with Crippen molar-refractivity contribution in [3.05, 3.63) is 17.0 Å². The van der Waals surface area contributed by atoms with E-state index in [1.54, 1.807) is 7.11 Å². The molecule has 0 aliphatic carbocycles. The molecule has 0 bridgehead atoms. The van der Waals surface area contributed by atoms with Crippen molar-refractivity contribution in [3.8, 4) is 0 Å². The SMILES string of the molecule is COCCn1nc(C)c(CNC(=O)N2CCCCCCC2)c1C. The Kier molecular flexibility index (Phi) is 6.89. The van der Waals surface area contributed by atoms with E-state index in [0.29, 0.717) is 13.2 Å². The first-order valence-corrected chi connectivity index (χ1v) is 8.68. The number of hydrogen-bond acceptors (Lipinski definition) is 3. The Labute approximate surface area is 139 Å². The Bertz CT molecular complexity index is 505. The highest BCUT2D eigenvalue weighted by Crippen LogP contribution is 2.14. The number of methoxy groups -OCH3 is 1. The number of carbonyl (C=O) groups excluding carboxylic acids is 1. The van der Waals surface area contributed by atoms with Crippen LogP contribution < -0.4 is 5.32 Å². The quantitative estimate of drug-likeness (QED) is 0.906. The Hall–Kier alpha value is -1.56. The second-order valence-electron chi connectivity index (χ2n) is 6.28. The Balaban J connectivity index is 1.91. The number of aromatic nitrogens is 2. The zero-order valence-electron chi connectivity index (χ0n) is 14.7. The molecule has 1 aromatic heterocycles. The molecule has 0 radical (unpaired) electrons. The molecule has 1 aromatic rings. The molecular weight excluding hydrogens is 292 g/mol. The van der Waals surface area contributed by atoms with Crippen molar-refractivity contribution in [2.45, 2.75) is 59.0 Å². The third-order valence-corrected chi connectivity index (χ3v) is 4.60. The largest absolute Gasteiger partial charge is 0.383 e. The Morgan fingerprint density at radius 3 is 2.48 bits per heavy atom. The lowest BCUT2D eigenvalue weighted by atomic mass is 10.1. The molecule has 6 nitrogen and oxygen atoms in total. The van der Waals surface area contributed by atoms with Crippen molar-refractivity contribution < 1.29 is 9.53 Å². The first-order chi connectivity index (χ1) is 11.1. The van der Waals surface area contributed by atoms with Crippen LogP contribution in [0.15, 0.2) is 0 Å². The maximum Gasteiger partial charge on any atom is 0.317 e. The molecule has 2 rings (SSSR count). The van der Waals surface area contributed by atoms with Crippen LogP contribution in [0.4, 0.5) is 4.79 Å². The predicted octanol–water partition coefficient (Wildman–Crippen LogP) is 2.62. The van der Waals surface area contributed by atoms with Gasteiger partial charge in [0.25, 0.3) is 0 Å². The van der Waals surface area contributed by atoms with Crippen LogP contribution in [0.1, 0.15) is 49.1 Å². The number of aryl methyl sites for hydroxylation is 1. The number of hydrogen-bond donors (Lipinski definition) is 1. The van der Waals surface area contributed by atoms with Crippen molar-refractivity contribution in [1.82, 2.24) is 20.0 Å². The molecule has 1 fully saturated rings. The minimum Gasteiger partial charge on any atom is -0.383 e. The van der Waals surface area contributed by atoms with Gasteiger partial charge in [-0.25, -0.2) is 4.79 Å². The van der Waals surface area contributed by atoms with Crippen LogP contribution in [0.25, 0.3) is 0 Å². The van der Waals surface area contributed by atoms with E-state index in [-0.39, 0.29) is 6.03 Å². The number of nitrogens with one attached hydrogen (secondary N) is 1. The molecule has 0 saturated carbocycles. The van der Waals surface area contributed by atoms with Crippen LogP contribution in [0, 0.1) is 13.8 Å². The third kappa shape index (κ3) is 4.96. The van der Waals surface area contributed by atoms with Crippen molar-refractivity contribution in [2.24, 2.45) is 0 Å². The Morgan fingerprint density at radius 2 is 1.83 bits per heavy atom. The summed E-state index contributed by atoms with van der Waals surface area (Å²) >= 11 is 0. The summed E-state index contributed by atoms with van der Waals surface area (Å²) in [5.41, 5.74) is 3.19. The number of ether oxygens (including phenoxy) is 1. The summed E-state index contributed by atoms with van der Waals surface area (Å²) in [5, 5.41) is 7.61. The molecule has 2 amide bonds. The van der Waals surface area contributed by atoms with Crippen molar-refractivity contribution in [1.29, 1.82) is 0 Å². The number of nitrogens with zero attached hydrogens (tertiary/aromatic N) is 3. The molecule has 0 spiro atoms. The maximum atomic E-state index is 12.4. The molecular formula is C17H30N4O2. The van der Waals surface area contributed by atoms with Crippen LogP contribution >= 0.6 is 0 Å². The third-order valence-electron chi connectivity index (χ3n) is 4.60. The highest BCUT2D eigenvalue weighted by atomic mass is 16.5. The van der Waals surface area contributed by atoms with Crippen molar-refractivity contribution >= 4 is 6.03 Å². The van der Waals surface area contributed by atoms with Gasteiger partial charge in [-0.2, -0.15) is 5.10 Å². The van der Waals surface area contributed by atoms with E-state index in [0.717, 1.165) is 49.4 Å². The summed E-state index contributed by atoms with van der Waals surface area (Å²) < 4.78 is 7.07. The standard InChI is InChI=1S/C17H30N4O2/c1-14-16(15(2)21(19-14)11-12-23-3)13-18-17(22)20-9-7-5-4-6-8-10-20/h4-13H2,1-3H3,(H,18,22). The van der Waals surface area contributed by atoms with E-state index in [2.05, 4.69) is 10.4 Å². The minimum absolute atomic E-state index is 0.0512. The number of rotatable bonds is 5. The van der Waals surface area contributed by atoms with E-state index < -0.39 is 0 Å². The number of likely N-dealkylation sites (tertiary alicyclic amines) is 1. The van der Waals surface area contributed by atoms with E-state index in [1.807, 2.05) is 23.4 Å². The van der Waals surface area contributed by atoms with Gasteiger partial charge < -0.3 is 15.0 Å². The lowest BCUT2D eigenvalue weighted by Crippen LogP contribution is -2.41. The summed E-state index contributed by atoms with van der Waals surface area (Å²) in [7, 11) is 1.69. The van der Waals surface area contributed by atoms with Crippen LogP contribution in [-0.4, -0.2) is 47.5 Å². The molecule has 1 aliphatic rings. The second-order valence-corrected chi connectivity index (χ2v) is 6.28. The first-order valence-electron chi connectivity index (χ1n) is 8.68. The second kappa shape index (κ2) is 8.91. The summed E-state index contributed by atoms with van der Waals surface area (Å²) in [6.45, 7) is 7.71. The van der Waals surface area contributed by atoms with E-state index in [9.17, 15) is 4.79 Å². The maximum absolute atomic E-state index is 12.4. The summed E-state index contributed by atoms with van der Waals surface area (Å²) in [4.78, 5) is 14.4. The Morgan fingerprint density at radius 1 is 1.17 bits per heavy atom. The fourth-order valence-electron chi connectivity index (χ4n) is 3.11. The highest BCUT2D eigenvalue weighted by Gasteiger charge is 2.16. The highest BCUT2D eigenvalue weighted by molar-refractivity contribution is 5.74.